The first-order valence-electron chi connectivity index (χ1n) is 11.0. The third-order valence-corrected chi connectivity index (χ3v) is 7.79. The fraction of sp³-hybridized carbons (Fsp3) is 0.952. The normalized spacial score (nSPS) is 35.7. The maximum Gasteiger partial charge on any atom is 0.193 e. The van der Waals surface area contributed by atoms with Crippen LogP contribution in [0.2, 0.25) is 0 Å². The number of hydrogen-bond donors (Lipinski definition) is 1. The topological polar surface area (TPSA) is 46.1 Å². The van der Waals surface area contributed by atoms with Crippen LogP contribution in [0.15, 0.2) is 4.99 Å². The number of guanidine groups is 1. The van der Waals surface area contributed by atoms with E-state index in [1.165, 1.54) is 44.9 Å². The molecular formula is C21H36IN3O2. The number of nitrogens with zero attached hydrogens (tertiary/aromatic N) is 2. The van der Waals surface area contributed by atoms with Crippen molar-refractivity contribution in [2.45, 2.75) is 76.0 Å². The summed E-state index contributed by atoms with van der Waals surface area (Å²) in [7, 11) is 1.95. The third kappa shape index (κ3) is 3.75. The third-order valence-electron chi connectivity index (χ3n) is 7.79. The second kappa shape index (κ2) is 8.34. The Kier molecular flexibility index (Phi) is 6.24. The van der Waals surface area contributed by atoms with Crippen LogP contribution < -0.4 is 5.32 Å². The molecule has 1 N–H and O–H groups in total. The molecule has 1 spiro atoms. The van der Waals surface area contributed by atoms with Gasteiger partial charge < -0.3 is 19.7 Å². The van der Waals surface area contributed by atoms with E-state index in [4.69, 9.17) is 9.47 Å². The summed E-state index contributed by atoms with van der Waals surface area (Å²) >= 11 is 0. The molecule has 2 heterocycles. The van der Waals surface area contributed by atoms with Gasteiger partial charge in [-0.2, -0.15) is 0 Å². The minimum absolute atomic E-state index is 0. The molecule has 3 saturated carbocycles. The van der Waals surface area contributed by atoms with Crippen molar-refractivity contribution in [3.63, 3.8) is 0 Å². The van der Waals surface area contributed by atoms with E-state index in [9.17, 15) is 0 Å². The van der Waals surface area contributed by atoms with E-state index in [-0.39, 0.29) is 24.0 Å². The van der Waals surface area contributed by atoms with Gasteiger partial charge in [0, 0.05) is 50.7 Å². The first-order chi connectivity index (χ1) is 12.8. The smallest absolute Gasteiger partial charge is 0.193 e. The fourth-order valence-electron chi connectivity index (χ4n) is 6.13. The molecule has 0 bridgehead atoms. The highest BCUT2D eigenvalue weighted by Crippen LogP contribution is 2.60. The van der Waals surface area contributed by atoms with Crippen molar-refractivity contribution in [3.05, 3.63) is 0 Å². The molecule has 0 radical (unpaired) electrons. The predicted molar refractivity (Wildman–Crippen MR) is 118 cm³/mol. The molecule has 3 atom stereocenters. The second-order valence-corrected chi connectivity index (χ2v) is 9.32. The largest absolute Gasteiger partial charge is 0.378 e. The Morgan fingerprint density at radius 1 is 1.15 bits per heavy atom. The molecular weight excluding hydrogens is 453 g/mol. The van der Waals surface area contributed by atoms with Crippen LogP contribution >= 0.6 is 24.0 Å². The van der Waals surface area contributed by atoms with Gasteiger partial charge in [0.2, 0.25) is 0 Å². The summed E-state index contributed by atoms with van der Waals surface area (Å²) in [6.07, 6.45) is 12.6. The minimum atomic E-state index is 0. The van der Waals surface area contributed by atoms with Gasteiger partial charge in [0.05, 0.1) is 12.2 Å². The van der Waals surface area contributed by atoms with Crippen LogP contribution in [0.25, 0.3) is 0 Å². The summed E-state index contributed by atoms with van der Waals surface area (Å²) in [5.41, 5.74) is 0.392. The molecule has 2 aliphatic heterocycles. The molecule has 154 valence electrons. The number of nitrogens with one attached hydrogen (secondary N) is 1. The lowest BCUT2D eigenvalue weighted by molar-refractivity contribution is -0.125. The monoisotopic (exact) mass is 489 g/mol. The lowest BCUT2D eigenvalue weighted by atomic mass is 9.54. The molecule has 5 rings (SSSR count). The molecule has 5 aliphatic rings. The van der Waals surface area contributed by atoms with E-state index in [1.54, 1.807) is 0 Å². The molecule has 3 unspecified atom stereocenters. The molecule has 27 heavy (non-hydrogen) atoms. The Bertz CT molecular complexity index is 540. The molecule has 0 aromatic rings. The van der Waals surface area contributed by atoms with Crippen molar-refractivity contribution in [1.29, 1.82) is 0 Å². The van der Waals surface area contributed by atoms with E-state index in [1.807, 2.05) is 7.05 Å². The Morgan fingerprint density at radius 3 is 2.56 bits per heavy atom. The van der Waals surface area contributed by atoms with Gasteiger partial charge in [-0.25, -0.2) is 0 Å². The van der Waals surface area contributed by atoms with Crippen LogP contribution in [-0.4, -0.2) is 62.5 Å². The summed E-state index contributed by atoms with van der Waals surface area (Å²) in [6.45, 7) is 4.08. The zero-order valence-corrected chi connectivity index (χ0v) is 19.0. The summed E-state index contributed by atoms with van der Waals surface area (Å²) in [5, 5.41) is 3.91. The molecule has 5 fully saturated rings. The van der Waals surface area contributed by atoms with Crippen LogP contribution in [0, 0.1) is 17.3 Å². The van der Waals surface area contributed by atoms with E-state index >= 15 is 0 Å². The van der Waals surface area contributed by atoms with Gasteiger partial charge in [0.25, 0.3) is 0 Å². The van der Waals surface area contributed by atoms with Crippen molar-refractivity contribution in [1.82, 2.24) is 10.2 Å². The first kappa shape index (κ1) is 20.2. The van der Waals surface area contributed by atoms with Crippen molar-refractivity contribution in [2.75, 3.05) is 33.4 Å². The van der Waals surface area contributed by atoms with Crippen molar-refractivity contribution >= 4 is 29.9 Å². The molecule has 0 amide bonds. The summed E-state index contributed by atoms with van der Waals surface area (Å²) < 4.78 is 12.2. The van der Waals surface area contributed by atoms with Crippen molar-refractivity contribution < 1.29 is 9.47 Å². The quantitative estimate of drug-likeness (QED) is 0.374. The lowest BCUT2D eigenvalue weighted by Crippen LogP contribution is -2.69. The van der Waals surface area contributed by atoms with Crippen LogP contribution in [0.5, 0.6) is 0 Å². The fourth-order valence-corrected chi connectivity index (χ4v) is 6.13. The zero-order valence-electron chi connectivity index (χ0n) is 16.7. The van der Waals surface area contributed by atoms with Gasteiger partial charge in [0.1, 0.15) is 0 Å². The van der Waals surface area contributed by atoms with E-state index < -0.39 is 0 Å². The van der Waals surface area contributed by atoms with Crippen LogP contribution in [0.1, 0.15) is 57.8 Å². The number of hydrogen-bond acceptors (Lipinski definition) is 3. The minimum Gasteiger partial charge on any atom is -0.378 e. The van der Waals surface area contributed by atoms with Crippen molar-refractivity contribution in [3.8, 4) is 0 Å². The summed E-state index contributed by atoms with van der Waals surface area (Å²) in [6, 6.07) is 0.569. The molecule has 3 aliphatic carbocycles. The molecule has 0 aromatic heterocycles. The number of fused-ring (bicyclic) bond motifs is 2. The Balaban J connectivity index is 0.00000180. The predicted octanol–water partition coefficient (Wildman–Crippen LogP) is 3.42. The van der Waals surface area contributed by atoms with Crippen LogP contribution in [0.4, 0.5) is 0 Å². The number of likely N-dealkylation sites (tertiary alicyclic amines) is 1. The van der Waals surface area contributed by atoms with E-state index in [0.29, 0.717) is 29.6 Å². The highest BCUT2D eigenvalue weighted by molar-refractivity contribution is 14.0. The average Bonchev–Trinajstić information content (AvgIpc) is 3.17. The van der Waals surface area contributed by atoms with Gasteiger partial charge >= 0.3 is 0 Å². The standard InChI is InChI=1S/C21H35N3O2.HI/c1-22-20(24-11-6-16(7-12-24)26-14-15-4-5-15)23-18-17-8-13-25-19(17)21(18)9-2-3-10-21;/h15-19H,2-14H2,1H3,(H,22,23);1H. The SMILES string of the molecule is CN=C(NC1C2CCOC2C12CCCC2)N1CCC(OCC2CC2)CC1.I. The summed E-state index contributed by atoms with van der Waals surface area (Å²) in [4.78, 5) is 7.12. The van der Waals surface area contributed by atoms with Crippen molar-refractivity contribution in [2.24, 2.45) is 22.2 Å². The van der Waals surface area contributed by atoms with Gasteiger partial charge in [-0.1, -0.05) is 12.8 Å². The Morgan fingerprint density at radius 2 is 1.89 bits per heavy atom. The van der Waals surface area contributed by atoms with E-state index in [0.717, 1.165) is 51.0 Å². The van der Waals surface area contributed by atoms with Gasteiger partial charge in [0.15, 0.2) is 5.96 Å². The van der Waals surface area contributed by atoms with Gasteiger partial charge in [-0.15, -0.1) is 24.0 Å². The van der Waals surface area contributed by atoms with Crippen LogP contribution in [0.3, 0.4) is 0 Å². The average molecular weight is 489 g/mol. The number of piperidine rings is 1. The highest BCUT2D eigenvalue weighted by atomic mass is 127. The zero-order chi connectivity index (χ0) is 17.6. The maximum atomic E-state index is 6.14. The first-order valence-corrected chi connectivity index (χ1v) is 11.0. The molecule has 0 aromatic carbocycles. The summed E-state index contributed by atoms with van der Waals surface area (Å²) in [5.74, 6) is 2.68. The van der Waals surface area contributed by atoms with Gasteiger partial charge in [-0.3, -0.25) is 4.99 Å². The van der Waals surface area contributed by atoms with Crippen LogP contribution in [-0.2, 0) is 9.47 Å². The second-order valence-electron chi connectivity index (χ2n) is 9.32. The lowest BCUT2D eigenvalue weighted by Gasteiger charge is -2.57. The number of halogens is 1. The Labute approximate surface area is 181 Å². The van der Waals surface area contributed by atoms with E-state index in [2.05, 4.69) is 15.2 Å². The highest BCUT2D eigenvalue weighted by Gasteiger charge is 2.65. The van der Waals surface area contributed by atoms with Gasteiger partial charge in [-0.05, 0) is 50.9 Å². The number of aliphatic imine (C=N–C) groups is 1. The Hall–Kier alpha value is -0.0800. The molecule has 5 nitrogen and oxygen atoms in total. The maximum absolute atomic E-state index is 6.14. The number of rotatable bonds is 4. The molecule has 2 saturated heterocycles. The number of ether oxygens (including phenoxy) is 2. The molecule has 6 heteroatoms.